The van der Waals surface area contributed by atoms with E-state index in [-0.39, 0.29) is 4.17 Å². The molecule has 2 nitrogen and oxygen atoms in total. The first-order chi connectivity index (χ1) is 3.39. The number of nitrogens with zero attached hydrogens (tertiary/aromatic N) is 1. The molecule has 0 fully saturated rings. The minimum absolute atomic E-state index is 0.239. The summed E-state index contributed by atoms with van der Waals surface area (Å²) in [6, 6.07) is 0. The molecule has 7 heavy (non-hydrogen) atoms. The van der Waals surface area contributed by atoms with E-state index in [0.717, 1.165) is 0 Å². The van der Waals surface area contributed by atoms with Gasteiger partial charge in [0.2, 0.25) is 0 Å². The first-order valence-electron chi connectivity index (χ1n) is 1.98. The Hall–Kier alpha value is -0.0600. The van der Waals surface area contributed by atoms with Crippen molar-refractivity contribution in [2.75, 3.05) is 0 Å². The van der Waals surface area contributed by atoms with Gasteiger partial charge < -0.3 is 5.32 Å². The van der Waals surface area contributed by atoms with Gasteiger partial charge in [0.1, 0.15) is 0 Å². The molecule has 1 rings (SSSR count). The van der Waals surface area contributed by atoms with Crippen molar-refractivity contribution >= 4 is 28.8 Å². The average molecular weight is 208 g/mol. The predicted molar refractivity (Wildman–Crippen MR) is 38.6 cm³/mol. The van der Waals surface area contributed by atoms with Crippen molar-refractivity contribution < 1.29 is 0 Å². The minimum atomic E-state index is 0.239. The molecule has 1 aliphatic rings. The van der Waals surface area contributed by atoms with Crippen LogP contribution in [0.3, 0.4) is 0 Å². The summed E-state index contributed by atoms with van der Waals surface area (Å²) >= 11 is 2.20. The molecule has 1 N–H and O–H groups in total. The summed E-state index contributed by atoms with van der Waals surface area (Å²) in [6.07, 6.45) is 5.53. The Morgan fingerprint density at radius 2 is 2.57 bits per heavy atom. The number of hydrogen-bond acceptors (Lipinski definition) is 2. The maximum atomic E-state index is 3.99. The van der Waals surface area contributed by atoms with E-state index >= 15 is 0 Å². The van der Waals surface area contributed by atoms with Gasteiger partial charge in [0.25, 0.3) is 0 Å². The van der Waals surface area contributed by atoms with Crippen molar-refractivity contribution in [3.8, 4) is 0 Å². The molecule has 0 amide bonds. The van der Waals surface area contributed by atoms with Gasteiger partial charge in [-0.15, -0.1) is 0 Å². The lowest BCUT2D eigenvalue weighted by Gasteiger charge is -2.04. The fourth-order valence-corrected chi connectivity index (χ4v) is 0.740. The second-order valence-corrected chi connectivity index (χ2v) is 2.34. The van der Waals surface area contributed by atoms with Crippen LogP contribution in [0.15, 0.2) is 17.3 Å². The molecule has 0 radical (unpaired) electrons. The predicted octanol–water partition coefficient (Wildman–Crippen LogP) is 0.893. The zero-order chi connectivity index (χ0) is 5.11. The van der Waals surface area contributed by atoms with Crippen molar-refractivity contribution in [1.29, 1.82) is 0 Å². The van der Waals surface area contributed by atoms with Crippen LogP contribution < -0.4 is 5.32 Å². The average Bonchev–Trinajstić information content (AvgIpc) is 1.69. The fourth-order valence-electron chi connectivity index (χ4n) is 0.346. The molecule has 3 heteroatoms. The van der Waals surface area contributed by atoms with Crippen molar-refractivity contribution in [3.05, 3.63) is 12.3 Å². The lowest BCUT2D eigenvalue weighted by Crippen LogP contribution is -2.16. The second-order valence-electron chi connectivity index (χ2n) is 1.16. The van der Waals surface area contributed by atoms with Crippen molar-refractivity contribution in [3.63, 3.8) is 0 Å². The molecule has 38 valence electrons. The van der Waals surface area contributed by atoms with E-state index in [9.17, 15) is 0 Å². The zero-order valence-electron chi connectivity index (χ0n) is 3.63. The van der Waals surface area contributed by atoms with Gasteiger partial charge in [-0.2, -0.15) is 0 Å². The first-order valence-corrected chi connectivity index (χ1v) is 3.22. The number of hydrogen-bond donors (Lipinski definition) is 1. The van der Waals surface area contributed by atoms with Gasteiger partial charge in [-0.3, -0.25) is 4.99 Å². The van der Waals surface area contributed by atoms with E-state index in [1.165, 1.54) is 0 Å². The van der Waals surface area contributed by atoms with Crippen LogP contribution in [0.1, 0.15) is 0 Å². The SMILES string of the molecule is I[C@H]1N=CC=CN1. The molecule has 0 aromatic heterocycles. The summed E-state index contributed by atoms with van der Waals surface area (Å²) in [6.45, 7) is 0. The number of aliphatic imine (C=N–C) groups is 1. The third-order valence-electron chi connectivity index (χ3n) is 0.633. The molecular formula is C4H5IN2. The number of rotatable bonds is 0. The maximum absolute atomic E-state index is 3.99. The molecule has 1 aliphatic heterocycles. The maximum Gasteiger partial charge on any atom is 0.170 e. The molecule has 0 saturated carbocycles. The quantitative estimate of drug-likeness (QED) is 0.357. The minimum Gasteiger partial charge on any atom is -0.362 e. The Bertz CT molecular complexity index is 108. The van der Waals surface area contributed by atoms with Gasteiger partial charge in [0.05, 0.1) is 0 Å². The van der Waals surface area contributed by atoms with Gasteiger partial charge >= 0.3 is 0 Å². The second kappa shape index (κ2) is 2.30. The molecule has 0 aromatic carbocycles. The molecule has 1 heterocycles. The zero-order valence-corrected chi connectivity index (χ0v) is 5.79. The molecular weight excluding hydrogens is 203 g/mol. The van der Waals surface area contributed by atoms with Gasteiger partial charge in [-0.1, -0.05) is 0 Å². The molecule has 0 aromatic rings. The largest absolute Gasteiger partial charge is 0.362 e. The normalized spacial score (nSPS) is 27.3. The number of alkyl halides is 1. The molecule has 0 bridgehead atoms. The summed E-state index contributed by atoms with van der Waals surface area (Å²) < 4.78 is 0.239. The lowest BCUT2D eigenvalue weighted by atomic mass is 10.6. The van der Waals surface area contributed by atoms with Crippen molar-refractivity contribution in [2.24, 2.45) is 4.99 Å². The van der Waals surface area contributed by atoms with Crippen LogP contribution in [0.25, 0.3) is 0 Å². The van der Waals surface area contributed by atoms with Crippen LogP contribution in [0, 0.1) is 0 Å². The highest BCUT2D eigenvalue weighted by Crippen LogP contribution is 1.98. The van der Waals surface area contributed by atoms with Crippen LogP contribution in [0.4, 0.5) is 0 Å². The summed E-state index contributed by atoms with van der Waals surface area (Å²) in [5.74, 6) is 0. The van der Waals surface area contributed by atoms with E-state index in [0.29, 0.717) is 0 Å². The van der Waals surface area contributed by atoms with Crippen LogP contribution in [-0.4, -0.2) is 10.4 Å². The molecule has 0 spiro atoms. The highest BCUT2D eigenvalue weighted by Gasteiger charge is 1.93. The van der Waals surface area contributed by atoms with E-state index < -0.39 is 0 Å². The monoisotopic (exact) mass is 208 g/mol. The Morgan fingerprint density at radius 3 is 2.86 bits per heavy atom. The van der Waals surface area contributed by atoms with E-state index in [4.69, 9.17) is 0 Å². The summed E-state index contributed by atoms with van der Waals surface area (Å²) in [5, 5.41) is 2.99. The third kappa shape index (κ3) is 1.46. The third-order valence-corrected chi connectivity index (χ3v) is 1.31. The Kier molecular flexibility index (Phi) is 1.67. The standard InChI is InChI=1S/C4H5IN2/c5-4-6-2-1-3-7-4/h1-4,6H/t4-/m1/s1. The summed E-state index contributed by atoms with van der Waals surface area (Å²) in [4.78, 5) is 3.99. The fraction of sp³-hybridized carbons (Fsp3) is 0.250. The lowest BCUT2D eigenvalue weighted by molar-refractivity contribution is 0.847. The van der Waals surface area contributed by atoms with Crippen LogP contribution in [0.2, 0.25) is 0 Å². The van der Waals surface area contributed by atoms with Gasteiger partial charge in [-0.05, 0) is 28.7 Å². The molecule has 0 aliphatic carbocycles. The van der Waals surface area contributed by atoms with E-state index in [1.807, 2.05) is 12.3 Å². The Labute approximate surface area is 55.8 Å². The summed E-state index contributed by atoms with van der Waals surface area (Å²) in [7, 11) is 0. The van der Waals surface area contributed by atoms with Gasteiger partial charge in [-0.25, -0.2) is 0 Å². The Morgan fingerprint density at radius 1 is 1.71 bits per heavy atom. The van der Waals surface area contributed by atoms with Gasteiger partial charge in [0, 0.05) is 12.4 Å². The number of nitrogens with one attached hydrogen (secondary N) is 1. The molecule has 1 atom stereocenters. The highest BCUT2D eigenvalue weighted by atomic mass is 127. The van der Waals surface area contributed by atoms with Crippen molar-refractivity contribution in [2.45, 2.75) is 4.17 Å². The van der Waals surface area contributed by atoms with Gasteiger partial charge in [0.15, 0.2) is 4.17 Å². The highest BCUT2D eigenvalue weighted by molar-refractivity contribution is 14.1. The van der Waals surface area contributed by atoms with Crippen LogP contribution in [0.5, 0.6) is 0 Å². The number of halogens is 1. The van der Waals surface area contributed by atoms with Crippen molar-refractivity contribution in [1.82, 2.24) is 5.32 Å². The van der Waals surface area contributed by atoms with E-state index in [2.05, 4.69) is 32.9 Å². The molecule has 0 saturated heterocycles. The topological polar surface area (TPSA) is 24.4 Å². The number of allylic oxidation sites excluding steroid dienone is 1. The molecule has 0 unspecified atom stereocenters. The smallest absolute Gasteiger partial charge is 0.170 e. The first kappa shape index (κ1) is 5.08. The van der Waals surface area contributed by atoms with Crippen LogP contribution in [-0.2, 0) is 0 Å². The van der Waals surface area contributed by atoms with Crippen LogP contribution >= 0.6 is 22.6 Å². The van der Waals surface area contributed by atoms with E-state index in [1.54, 1.807) is 6.21 Å². The summed E-state index contributed by atoms with van der Waals surface area (Å²) in [5.41, 5.74) is 0. The Balaban J connectivity index is 2.49.